The van der Waals surface area contributed by atoms with Crippen LogP contribution in [0.25, 0.3) is 32.9 Å². The first-order valence-electron chi connectivity index (χ1n) is 15.0. The number of aryl methyl sites for hydroxylation is 1. The lowest BCUT2D eigenvalue weighted by atomic mass is 9.71. The molecule has 5 heterocycles. The number of nitrogens with one attached hydrogen (secondary N) is 2. The molecule has 2 aromatic carbocycles. The zero-order valence-corrected chi connectivity index (χ0v) is 24.7. The van der Waals surface area contributed by atoms with Gasteiger partial charge in [-0.1, -0.05) is 31.2 Å². The van der Waals surface area contributed by atoms with E-state index >= 15 is 4.39 Å². The zero-order chi connectivity index (χ0) is 29.7. The number of nitrogens with zero attached hydrogens (tertiary/aromatic N) is 3. The molecular weight excluding hydrogens is 549 g/mol. The minimum absolute atomic E-state index is 0.0203. The largest absolute Gasteiger partial charge is 0.508 e. The summed E-state index contributed by atoms with van der Waals surface area (Å²) in [6, 6.07) is 9.18. The lowest BCUT2D eigenvalue weighted by Crippen LogP contribution is -2.38. The van der Waals surface area contributed by atoms with Crippen molar-refractivity contribution in [3.63, 3.8) is 0 Å². The van der Waals surface area contributed by atoms with Crippen LogP contribution in [0.5, 0.6) is 17.6 Å². The van der Waals surface area contributed by atoms with Crippen molar-refractivity contribution in [2.75, 3.05) is 38.2 Å². The molecule has 2 saturated heterocycles. The number of phenolic OH excluding ortho intramolecular Hbond substituents is 1. The van der Waals surface area contributed by atoms with Crippen LogP contribution in [0.4, 0.5) is 10.2 Å². The van der Waals surface area contributed by atoms with E-state index in [0.29, 0.717) is 55.7 Å². The lowest BCUT2D eigenvalue weighted by Gasteiger charge is -2.34. The van der Waals surface area contributed by atoms with E-state index in [1.54, 1.807) is 12.1 Å². The van der Waals surface area contributed by atoms with E-state index in [4.69, 9.17) is 24.2 Å². The number of aromatic nitrogens is 3. The predicted molar refractivity (Wildman–Crippen MR) is 163 cm³/mol. The van der Waals surface area contributed by atoms with Crippen LogP contribution in [0.15, 0.2) is 42.0 Å². The third-order valence-electron chi connectivity index (χ3n) is 8.97. The van der Waals surface area contributed by atoms with E-state index in [1.807, 2.05) is 45.0 Å². The van der Waals surface area contributed by atoms with Crippen LogP contribution in [-0.4, -0.2) is 65.1 Å². The first-order valence-corrected chi connectivity index (χ1v) is 15.0. The SMILES string of the molecule is CC=C1CNCCNc2nc(OCC34COC(C3)C4)nc3c(F)c(-c4cc(O)cc5cccc(CC)c45)nc(c23)O[C@H]1C. The van der Waals surface area contributed by atoms with Gasteiger partial charge in [0.1, 0.15) is 34.3 Å². The second kappa shape index (κ2) is 10.9. The molecule has 1 aliphatic carbocycles. The van der Waals surface area contributed by atoms with Crippen LogP contribution in [-0.2, 0) is 11.2 Å². The topological polar surface area (TPSA) is 111 Å². The Hall–Kier alpha value is -4.02. The van der Waals surface area contributed by atoms with Gasteiger partial charge in [-0.3, -0.25) is 0 Å². The second-order valence-electron chi connectivity index (χ2n) is 11.9. The highest BCUT2D eigenvalue weighted by Crippen LogP contribution is 2.50. The standard InChI is InChI=1S/C33H36FN5O4/c1-4-19-7-6-8-21-11-22(40)12-24(25(19)21)28-27(34)29-26-30(39-32(38-29)42-17-33-13-23(14-33)41-16-33)36-10-9-35-15-20(5-2)18(3)43-31(26)37-28/h5-8,11-12,18,23,35,40H,4,9-10,13-17H2,1-3H3,(H,36,38,39)/t18-,23?,33?/m0/s1. The molecule has 1 atom stereocenters. The first-order chi connectivity index (χ1) is 20.9. The smallest absolute Gasteiger partial charge is 0.319 e. The Kier molecular flexibility index (Phi) is 7.05. The minimum atomic E-state index is -0.631. The Morgan fingerprint density at radius 1 is 1.16 bits per heavy atom. The molecule has 0 unspecified atom stereocenters. The Bertz CT molecular complexity index is 1750. The van der Waals surface area contributed by atoms with E-state index in [0.717, 1.165) is 41.2 Å². The molecule has 2 bridgehead atoms. The summed E-state index contributed by atoms with van der Waals surface area (Å²) in [5.74, 6) is -0.00256. The normalized spacial score (nSPS) is 24.3. The van der Waals surface area contributed by atoms with Crippen molar-refractivity contribution >= 4 is 27.5 Å². The van der Waals surface area contributed by atoms with E-state index in [2.05, 4.69) is 15.6 Å². The van der Waals surface area contributed by atoms with Gasteiger partial charge in [0.05, 0.1) is 19.3 Å². The number of allylic oxidation sites excluding steroid dienone is 1. The molecule has 4 aliphatic rings. The summed E-state index contributed by atoms with van der Waals surface area (Å²) in [6.45, 7) is 8.85. The van der Waals surface area contributed by atoms with Crippen LogP contribution in [0, 0.1) is 11.2 Å². The van der Waals surface area contributed by atoms with E-state index in [1.165, 1.54) is 0 Å². The number of benzene rings is 2. The molecule has 2 aromatic heterocycles. The van der Waals surface area contributed by atoms with Crippen molar-refractivity contribution in [1.29, 1.82) is 0 Å². The van der Waals surface area contributed by atoms with E-state index < -0.39 is 5.82 Å². The van der Waals surface area contributed by atoms with Crippen LogP contribution >= 0.6 is 0 Å². The summed E-state index contributed by atoms with van der Waals surface area (Å²) < 4.78 is 35.3. The number of rotatable bonds is 5. The zero-order valence-electron chi connectivity index (χ0n) is 24.7. The molecule has 3 aliphatic heterocycles. The minimum Gasteiger partial charge on any atom is -0.508 e. The van der Waals surface area contributed by atoms with Gasteiger partial charge < -0.3 is 30.0 Å². The number of halogens is 1. The number of fused-ring (bicyclic) bond motifs is 2. The van der Waals surface area contributed by atoms with Gasteiger partial charge in [0, 0.05) is 30.6 Å². The average Bonchev–Trinajstić information content (AvgIpc) is 3.59. The van der Waals surface area contributed by atoms with Crippen molar-refractivity contribution < 1.29 is 23.7 Å². The van der Waals surface area contributed by atoms with Crippen molar-refractivity contribution in [3.05, 3.63) is 53.4 Å². The highest BCUT2D eigenvalue weighted by atomic mass is 19.1. The molecule has 4 aromatic rings. The molecule has 1 saturated carbocycles. The summed E-state index contributed by atoms with van der Waals surface area (Å²) >= 11 is 0. The van der Waals surface area contributed by atoms with Gasteiger partial charge >= 0.3 is 6.01 Å². The molecule has 43 heavy (non-hydrogen) atoms. The third kappa shape index (κ3) is 4.92. The highest BCUT2D eigenvalue weighted by Gasteiger charge is 2.52. The monoisotopic (exact) mass is 585 g/mol. The second-order valence-corrected chi connectivity index (χ2v) is 11.9. The average molecular weight is 586 g/mol. The molecule has 8 rings (SSSR count). The van der Waals surface area contributed by atoms with Gasteiger partial charge in [-0.15, -0.1) is 0 Å². The highest BCUT2D eigenvalue weighted by molar-refractivity contribution is 6.03. The quantitative estimate of drug-likeness (QED) is 0.260. The molecule has 0 amide bonds. The third-order valence-corrected chi connectivity index (χ3v) is 8.97. The van der Waals surface area contributed by atoms with Gasteiger partial charge in [-0.25, -0.2) is 9.37 Å². The maximum Gasteiger partial charge on any atom is 0.319 e. The van der Waals surface area contributed by atoms with Gasteiger partial charge in [0.15, 0.2) is 5.82 Å². The predicted octanol–water partition coefficient (Wildman–Crippen LogP) is 5.54. The van der Waals surface area contributed by atoms with Crippen molar-refractivity contribution in [2.24, 2.45) is 5.41 Å². The fourth-order valence-corrected chi connectivity index (χ4v) is 6.59. The molecule has 10 heteroatoms. The number of ether oxygens (including phenoxy) is 3. The van der Waals surface area contributed by atoms with Gasteiger partial charge in [-0.2, -0.15) is 9.97 Å². The number of anilines is 1. The molecule has 0 radical (unpaired) electrons. The Labute approximate surface area is 249 Å². The Morgan fingerprint density at radius 3 is 2.79 bits per heavy atom. The molecule has 9 nitrogen and oxygen atoms in total. The van der Waals surface area contributed by atoms with Gasteiger partial charge in [0.2, 0.25) is 5.88 Å². The number of hydrogen-bond acceptors (Lipinski definition) is 9. The van der Waals surface area contributed by atoms with Crippen LogP contribution in [0.2, 0.25) is 0 Å². The van der Waals surface area contributed by atoms with E-state index in [-0.39, 0.29) is 40.4 Å². The number of phenols is 1. The fraction of sp³-hybridized carbons (Fsp3) is 0.424. The van der Waals surface area contributed by atoms with Crippen LogP contribution in [0.1, 0.15) is 39.2 Å². The van der Waals surface area contributed by atoms with Crippen molar-refractivity contribution in [2.45, 2.75) is 52.2 Å². The summed E-state index contributed by atoms with van der Waals surface area (Å²) in [4.78, 5) is 14.1. The maximum absolute atomic E-state index is 16.9. The van der Waals surface area contributed by atoms with Gasteiger partial charge in [0.25, 0.3) is 0 Å². The number of hydrogen-bond donors (Lipinski definition) is 3. The van der Waals surface area contributed by atoms with E-state index in [9.17, 15) is 5.11 Å². The molecular formula is C33H36FN5O4. The summed E-state index contributed by atoms with van der Waals surface area (Å²) in [6.07, 6.45) is 4.60. The Balaban J connectivity index is 1.45. The number of aromatic hydroxyl groups is 1. The number of pyridine rings is 1. The molecule has 3 N–H and O–H groups in total. The van der Waals surface area contributed by atoms with Crippen LogP contribution < -0.4 is 20.1 Å². The van der Waals surface area contributed by atoms with Crippen molar-refractivity contribution in [1.82, 2.24) is 20.3 Å². The van der Waals surface area contributed by atoms with Crippen LogP contribution in [0.3, 0.4) is 0 Å². The summed E-state index contributed by atoms with van der Waals surface area (Å²) in [5, 5.41) is 19.4. The molecule has 224 valence electrons. The Morgan fingerprint density at radius 2 is 2.02 bits per heavy atom. The van der Waals surface area contributed by atoms with Gasteiger partial charge in [-0.05, 0) is 67.2 Å². The molecule has 3 fully saturated rings. The maximum atomic E-state index is 16.9. The summed E-state index contributed by atoms with van der Waals surface area (Å²) in [5.41, 5.74) is 2.59. The fourth-order valence-electron chi connectivity index (χ4n) is 6.59. The first kappa shape index (κ1) is 27.8. The summed E-state index contributed by atoms with van der Waals surface area (Å²) in [7, 11) is 0. The lowest BCUT2D eigenvalue weighted by molar-refractivity contribution is 0.0786. The van der Waals surface area contributed by atoms with Crippen molar-refractivity contribution in [3.8, 4) is 28.9 Å². The molecule has 0 spiro atoms.